The van der Waals surface area contributed by atoms with Crippen LogP contribution in [-0.4, -0.2) is 0 Å². The molecular formula is C16H15ClN2. The summed E-state index contributed by atoms with van der Waals surface area (Å²) in [6.45, 7) is 4.16. The molecular weight excluding hydrogens is 256 g/mol. The van der Waals surface area contributed by atoms with Crippen molar-refractivity contribution < 1.29 is 0 Å². The predicted molar refractivity (Wildman–Crippen MR) is 79.4 cm³/mol. The number of rotatable bonds is 3. The second-order valence-corrected chi connectivity index (χ2v) is 4.99. The van der Waals surface area contributed by atoms with Crippen molar-refractivity contribution in [3.63, 3.8) is 0 Å². The van der Waals surface area contributed by atoms with Gasteiger partial charge in [-0.05, 0) is 37.6 Å². The first-order chi connectivity index (χ1) is 9.10. The van der Waals surface area contributed by atoms with Crippen LogP contribution in [0.5, 0.6) is 0 Å². The molecule has 0 radical (unpaired) electrons. The molecule has 0 saturated heterocycles. The molecule has 1 atom stereocenters. The fourth-order valence-electron chi connectivity index (χ4n) is 1.96. The van der Waals surface area contributed by atoms with Gasteiger partial charge in [0.1, 0.15) is 0 Å². The van der Waals surface area contributed by atoms with Crippen LogP contribution in [0.15, 0.2) is 42.5 Å². The maximum absolute atomic E-state index is 8.81. The minimum Gasteiger partial charge on any atom is -0.377 e. The lowest BCUT2D eigenvalue weighted by Crippen LogP contribution is -2.07. The summed E-state index contributed by atoms with van der Waals surface area (Å²) in [4.78, 5) is 0. The van der Waals surface area contributed by atoms with Crippen LogP contribution in [0, 0.1) is 18.3 Å². The molecule has 3 heteroatoms. The van der Waals surface area contributed by atoms with Gasteiger partial charge in [-0.15, -0.1) is 0 Å². The van der Waals surface area contributed by atoms with E-state index >= 15 is 0 Å². The summed E-state index contributed by atoms with van der Waals surface area (Å²) in [6, 6.07) is 15.9. The van der Waals surface area contributed by atoms with E-state index in [4.69, 9.17) is 16.9 Å². The Labute approximate surface area is 118 Å². The van der Waals surface area contributed by atoms with Crippen LogP contribution in [0.25, 0.3) is 0 Å². The largest absolute Gasteiger partial charge is 0.377 e. The second kappa shape index (κ2) is 5.77. The Morgan fingerprint density at radius 3 is 2.63 bits per heavy atom. The van der Waals surface area contributed by atoms with E-state index in [0.29, 0.717) is 10.6 Å². The Hall–Kier alpha value is -1.98. The third-order valence-electron chi connectivity index (χ3n) is 3.01. The van der Waals surface area contributed by atoms with Crippen molar-refractivity contribution in [3.05, 3.63) is 64.2 Å². The Kier molecular flexibility index (Phi) is 4.09. The van der Waals surface area contributed by atoms with Crippen molar-refractivity contribution in [1.29, 1.82) is 5.26 Å². The number of hydrogen-bond donors (Lipinski definition) is 1. The van der Waals surface area contributed by atoms with Crippen molar-refractivity contribution in [3.8, 4) is 6.07 Å². The summed E-state index contributed by atoms with van der Waals surface area (Å²) in [5, 5.41) is 12.7. The average molecular weight is 271 g/mol. The fourth-order valence-corrected chi connectivity index (χ4v) is 2.19. The molecule has 2 nitrogen and oxygen atoms in total. The molecule has 2 rings (SSSR count). The van der Waals surface area contributed by atoms with Crippen LogP contribution in [0.2, 0.25) is 5.02 Å². The lowest BCUT2D eigenvalue weighted by atomic mass is 10.1. The Morgan fingerprint density at radius 1 is 1.21 bits per heavy atom. The predicted octanol–water partition coefficient (Wildman–Crippen LogP) is 4.69. The maximum atomic E-state index is 8.81. The second-order valence-electron chi connectivity index (χ2n) is 4.59. The molecule has 0 aromatic heterocycles. The summed E-state index contributed by atoms with van der Waals surface area (Å²) in [5.41, 5.74) is 3.85. The van der Waals surface area contributed by atoms with Crippen LogP contribution in [0.3, 0.4) is 0 Å². The van der Waals surface area contributed by atoms with Gasteiger partial charge in [0.2, 0.25) is 0 Å². The summed E-state index contributed by atoms with van der Waals surface area (Å²) in [7, 11) is 0. The van der Waals surface area contributed by atoms with Crippen LogP contribution in [0.1, 0.15) is 29.7 Å². The molecule has 0 aliphatic carbocycles. The zero-order chi connectivity index (χ0) is 13.8. The highest BCUT2D eigenvalue weighted by Crippen LogP contribution is 2.27. The number of nitrogens with one attached hydrogen (secondary N) is 1. The molecule has 0 heterocycles. The number of aryl methyl sites for hydroxylation is 1. The van der Waals surface area contributed by atoms with Crippen LogP contribution in [-0.2, 0) is 0 Å². The monoisotopic (exact) mass is 270 g/mol. The number of halogens is 1. The number of anilines is 1. The molecule has 0 amide bonds. The molecule has 2 aromatic rings. The van der Waals surface area contributed by atoms with Gasteiger partial charge in [-0.2, -0.15) is 5.26 Å². The van der Waals surface area contributed by atoms with E-state index in [1.54, 1.807) is 12.1 Å². The topological polar surface area (TPSA) is 35.8 Å². The van der Waals surface area contributed by atoms with Gasteiger partial charge in [-0.3, -0.25) is 0 Å². The van der Waals surface area contributed by atoms with Crippen LogP contribution >= 0.6 is 11.6 Å². The highest BCUT2D eigenvalue weighted by Gasteiger charge is 2.08. The summed E-state index contributed by atoms with van der Waals surface area (Å²) in [5.74, 6) is 0. The first kappa shape index (κ1) is 13.5. The molecule has 96 valence electrons. The van der Waals surface area contributed by atoms with Gasteiger partial charge < -0.3 is 5.32 Å². The zero-order valence-electron chi connectivity index (χ0n) is 10.9. The van der Waals surface area contributed by atoms with E-state index in [9.17, 15) is 0 Å². The van der Waals surface area contributed by atoms with Crippen molar-refractivity contribution in [2.45, 2.75) is 19.9 Å². The van der Waals surface area contributed by atoms with Gasteiger partial charge >= 0.3 is 0 Å². The Bertz CT molecular complexity index is 629. The minimum absolute atomic E-state index is 0.158. The normalized spacial score (nSPS) is 11.7. The lowest BCUT2D eigenvalue weighted by molar-refractivity contribution is 0.883. The molecule has 1 unspecified atom stereocenters. The SMILES string of the molecule is Cc1cccc(C(C)Nc2ccc(C#N)cc2Cl)c1. The van der Waals surface area contributed by atoms with E-state index in [-0.39, 0.29) is 6.04 Å². The Balaban J connectivity index is 2.20. The molecule has 1 N–H and O–H groups in total. The van der Waals surface area contributed by atoms with Crippen molar-refractivity contribution in [2.75, 3.05) is 5.32 Å². The van der Waals surface area contributed by atoms with Crippen molar-refractivity contribution >= 4 is 17.3 Å². The Morgan fingerprint density at radius 2 is 2.00 bits per heavy atom. The highest BCUT2D eigenvalue weighted by atomic mass is 35.5. The average Bonchev–Trinajstić information content (AvgIpc) is 2.41. The molecule has 0 spiro atoms. The third-order valence-corrected chi connectivity index (χ3v) is 3.33. The molecule has 0 aliphatic heterocycles. The fraction of sp³-hybridized carbons (Fsp3) is 0.188. The van der Waals surface area contributed by atoms with Crippen LogP contribution < -0.4 is 5.32 Å². The molecule has 0 saturated carbocycles. The lowest BCUT2D eigenvalue weighted by Gasteiger charge is -2.17. The van der Waals surface area contributed by atoms with Gasteiger partial charge in [-0.25, -0.2) is 0 Å². The number of nitriles is 1. The standard InChI is InChI=1S/C16H15ClN2/c1-11-4-3-5-14(8-11)12(2)19-16-7-6-13(10-18)9-15(16)17/h3-9,12,19H,1-2H3. The van der Waals surface area contributed by atoms with Gasteiger partial charge in [0.25, 0.3) is 0 Å². The number of hydrogen-bond acceptors (Lipinski definition) is 2. The molecule has 0 fully saturated rings. The first-order valence-electron chi connectivity index (χ1n) is 6.13. The third kappa shape index (κ3) is 3.27. The van der Waals surface area contributed by atoms with Gasteiger partial charge in [0.05, 0.1) is 22.3 Å². The minimum atomic E-state index is 0.158. The van der Waals surface area contributed by atoms with E-state index in [1.165, 1.54) is 11.1 Å². The zero-order valence-corrected chi connectivity index (χ0v) is 11.7. The van der Waals surface area contributed by atoms with E-state index in [2.05, 4.69) is 43.4 Å². The smallest absolute Gasteiger partial charge is 0.0992 e. The molecule has 19 heavy (non-hydrogen) atoms. The van der Waals surface area contributed by atoms with Gasteiger partial charge in [-0.1, -0.05) is 41.4 Å². The quantitative estimate of drug-likeness (QED) is 0.878. The summed E-state index contributed by atoms with van der Waals surface area (Å²) < 4.78 is 0. The number of benzene rings is 2. The van der Waals surface area contributed by atoms with Gasteiger partial charge in [0, 0.05) is 6.04 Å². The van der Waals surface area contributed by atoms with Crippen molar-refractivity contribution in [2.24, 2.45) is 0 Å². The van der Waals surface area contributed by atoms with E-state index < -0.39 is 0 Å². The van der Waals surface area contributed by atoms with Crippen LogP contribution in [0.4, 0.5) is 5.69 Å². The molecule has 2 aromatic carbocycles. The highest BCUT2D eigenvalue weighted by molar-refractivity contribution is 6.33. The first-order valence-corrected chi connectivity index (χ1v) is 6.50. The number of nitrogens with zero attached hydrogens (tertiary/aromatic N) is 1. The van der Waals surface area contributed by atoms with Gasteiger partial charge in [0.15, 0.2) is 0 Å². The summed E-state index contributed by atoms with van der Waals surface area (Å²) in [6.07, 6.45) is 0. The van der Waals surface area contributed by atoms with E-state index in [0.717, 1.165) is 5.69 Å². The van der Waals surface area contributed by atoms with E-state index in [1.807, 2.05) is 12.1 Å². The molecule has 0 bridgehead atoms. The maximum Gasteiger partial charge on any atom is 0.0992 e. The van der Waals surface area contributed by atoms with Crippen molar-refractivity contribution in [1.82, 2.24) is 0 Å². The summed E-state index contributed by atoms with van der Waals surface area (Å²) >= 11 is 6.16. The molecule has 0 aliphatic rings.